The largest absolute Gasteiger partial charge is 0.355 e. The van der Waals surface area contributed by atoms with Gasteiger partial charge in [-0.1, -0.05) is 19.1 Å². The molecular formula is C24H20N4. The molecule has 5 heterocycles. The molecule has 0 aromatic carbocycles. The smallest absolute Gasteiger partial charge is 0.0659 e. The summed E-state index contributed by atoms with van der Waals surface area (Å²) >= 11 is 0. The average molecular weight is 365 g/mol. The first-order valence-corrected chi connectivity index (χ1v) is 9.42. The molecule has 136 valence electrons. The fourth-order valence-electron chi connectivity index (χ4n) is 3.33. The summed E-state index contributed by atoms with van der Waals surface area (Å²) in [5.74, 6) is 0. The number of hydrogen-bond donors (Lipinski definition) is 2. The molecule has 0 spiro atoms. The van der Waals surface area contributed by atoms with Gasteiger partial charge in [0.25, 0.3) is 0 Å². The van der Waals surface area contributed by atoms with Gasteiger partial charge in [-0.05, 0) is 78.7 Å². The van der Waals surface area contributed by atoms with E-state index in [2.05, 4.69) is 32.9 Å². The van der Waals surface area contributed by atoms with Gasteiger partial charge in [0, 0.05) is 22.1 Å². The molecule has 0 aliphatic carbocycles. The van der Waals surface area contributed by atoms with E-state index in [1.165, 1.54) is 0 Å². The van der Waals surface area contributed by atoms with Crippen molar-refractivity contribution in [2.45, 2.75) is 13.3 Å². The second-order valence-corrected chi connectivity index (χ2v) is 6.84. The molecule has 0 radical (unpaired) electrons. The summed E-state index contributed by atoms with van der Waals surface area (Å²) in [5, 5.41) is 0. The fourth-order valence-corrected chi connectivity index (χ4v) is 3.33. The molecule has 0 saturated heterocycles. The highest BCUT2D eigenvalue weighted by molar-refractivity contribution is 5.81. The Kier molecular flexibility index (Phi) is 3.75. The lowest BCUT2D eigenvalue weighted by Gasteiger charge is -1.88. The summed E-state index contributed by atoms with van der Waals surface area (Å²) in [7, 11) is 0. The highest BCUT2D eigenvalue weighted by Crippen LogP contribution is 2.20. The van der Waals surface area contributed by atoms with Crippen LogP contribution in [0.5, 0.6) is 0 Å². The zero-order valence-corrected chi connectivity index (χ0v) is 15.5. The van der Waals surface area contributed by atoms with Crippen molar-refractivity contribution in [1.82, 2.24) is 19.9 Å². The minimum absolute atomic E-state index is 0.477. The van der Waals surface area contributed by atoms with Crippen LogP contribution in [0.25, 0.3) is 52.4 Å². The molecular weight excluding hydrogens is 344 g/mol. The molecule has 0 unspecified atom stereocenters. The maximum Gasteiger partial charge on any atom is 0.0659 e. The Morgan fingerprint density at radius 2 is 1.46 bits per heavy atom. The van der Waals surface area contributed by atoms with Crippen LogP contribution < -0.4 is 0 Å². The van der Waals surface area contributed by atoms with Gasteiger partial charge >= 0.3 is 0 Å². The molecule has 2 N–H and O–H groups in total. The molecule has 2 aliphatic heterocycles. The Labute approximate surface area is 164 Å². The van der Waals surface area contributed by atoms with Crippen molar-refractivity contribution in [1.29, 1.82) is 0 Å². The van der Waals surface area contributed by atoms with Crippen LogP contribution >= 0.6 is 0 Å². The van der Waals surface area contributed by atoms with E-state index in [1.807, 2.05) is 66.8 Å². The molecule has 3 aromatic heterocycles. The van der Waals surface area contributed by atoms with Crippen LogP contribution in [0.4, 0.5) is 0 Å². The highest BCUT2D eigenvalue weighted by atomic mass is 14.8. The van der Waals surface area contributed by atoms with Crippen molar-refractivity contribution in [3.8, 4) is 0 Å². The Bertz CT molecular complexity index is 1350. The van der Waals surface area contributed by atoms with E-state index in [4.69, 9.17) is 1.37 Å². The Balaban J connectivity index is 1.87. The first-order chi connectivity index (χ1) is 14.2. The zero-order chi connectivity index (χ0) is 19.8. The Morgan fingerprint density at radius 1 is 0.821 bits per heavy atom. The number of aromatic amines is 2. The van der Waals surface area contributed by atoms with Crippen LogP contribution in [0.1, 0.15) is 43.1 Å². The second kappa shape index (κ2) is 6.82. The highest BCUT2D eigenvalue weighted by Gasteiger charge is 2.04. The van der Waals surface area contributed by atoms with Gasteiger partial charge in [-0.3, -0.25) is 0 Å². The lowest BCUT2D eigenvalue weighted by Crippen LogP contribution is -1.77. The molecule has 8 bridgehead atoms. The van der Waals surface area contributed by atoms with Crippen molar-refractivity contribution in [2.24, 2.45) is 0 Å². The Morgan fingerprint density at radius 3 is 2.18 bits per heavy atom. The van der Waals surface area contributed by atoms with E-state index in [1.54, 1.807) is 0 Å². The van der Waals surface area contributed by atoms with E-state index < -0.39 is 0 Å². The first-order valence-electron chi connectivity index (χ1n) is 9.92. The van der Waals surface area contributed by atoms with Crippen molar-refractivity contribution >= 4 is 52.4 Å². The maximum absolute atomic E-state index is 8.65. The lowest BCUT2D eigenvalue weighted by molar-refractivity contribution is 1.23. The molecule has 28 heavy (non-hydrogen) atoms. The number of hydrogen-bond acceptors (Lipinski definition) is 2. The lowest BCUT2D eigenvalue weighted by atomic mass is 10.2. The Hall–Kier alpha value is -3.66. The molecule has 0 atom stereocenters. The summed E-state index contributed by atoms with van der Waals surface area (Å²) in [6.07, 6.45) is 13.0. The third-order valence-electron chi connectivity index (χ3n) is 4.64. The molecule has 3 aromatic rings. The predicted molar refractivity (Wildman–Crippen MR) is 118 cm³/mol. The minimum Gasteiger partial charge on any atom is -0.355 e. The van der Waals surface area contributed by atoms with Gasteiger partial charge in [-0.25, -0.2) is 9.97 Å². The van der Waals surface area contributed by atoms with E-state index >= 15 is 0 Å². The van der Waals surface area contributed by atoms with Crippen LogP contribution in [-0.2, 0) is 0 Å². The molecule has 4 heteroatoms. The monoisotopic (exact) mass is 365 g/mol. The van der Waals surface area contributed by atoms with Gasteiger partial charge in [0.05, 0.1) is 24.1 Å². The number of aromatic nitrogens is 4. The van der Waals surface area contributed by atoms with Crippen LogP contribution in [0.15, 0.2) is 48.5 Å². The SMILES string of the molecule is [2H]c1c(C=CCC)c2cc3nc(cc4nc(cc5ccc(cc1[nH]2)[nH]5)C=C4)C=C3. The third-order valence-corrected chi connectivity index (χ3v) is 4.64. The zero-order valence-electron chi connectivity index (χ0n) is 16.5. The van der Waals surface area contributed by atoms with Crippen molar-refractivity contribution in [3.63, 3.8) is 0 Å². The van der Waals surface area contributed by atoms with E-state index in [-0.39, 0.29) is 0 Å². The van der Waals surface area contributed by atoms with Crippen LogP contribution in [0.3, 0.4) is 0 Å². The maximum atomic E-state index is 8.65. The van der Waals surface area contributed by atoms with Crippen molar-refractivity contribution in [2.75, 3.05) is 0 Å². The van der Waals surface area contributed by atoms with E-state index in [9.17, 15) is 0 Å². The summed E-state index contributed by atoms with van der Waals surface area (Å²) < 4.78 is 8.65. The minimum atomic E-state index is 0.477. The van der Waals surface area contributed by atoms with Crippen molar-refractivity contribution < 1.29 is 1.37 Å². The van der Waals surface area contributed by atoms with Gasteiger partial charge in [0.2, 0.25) is 0 Å². The summed E-state index contributed by atoms with van der Waals surface area (Å²) in [5.41, 5.74) is 7.91. The number of nitrogens with one attached hydrogen (secondary N) is 2. The van der Waals surface area contributed by atoms with Gasteiger partial charge < -0.3 is 9.97 Å². The van der Waals surface area contributed by atoms with Gasteiger partial charge in [0.15, 0.2) is 0 Å². The molecule has 0 saturated carbocycles. The number of H-pyrrole nitrogens is 2. The summed E-state index contributed by atoms with van der Waals surface area (Å²) in [6, 6.07) is 12.4. The quantitative estimate of drug-likeness (QED) is 0.398. The molecule has 0 amide bonds. The summed E-state index contributed by atoms with van der Waals surface area (Å²) in [6.45, 7) is 2.09. The molecule has 2 aliphatic rings. The number of nitrogens with zero attached hydrogens (tertiary/aromatic N) is 2. The van der Waals surface area contributed by atoms with Gasteiger partial charge in [-0.15, -0.1) is 0 Å². The standard InChI is InChI=1S/C24H20N4/c1-2-3-4-16-11-23-14-21-8-7-19(26-21)12-17-5-6-18(25-17)13-20-9-10-22(27-20)15-24(16)28-23/h3-15,26,28H,2H2,1H3/i11D. The topological polar surface area (TPSA) is 57.4 Å². The fraction of sp³-hybridized carbons (Fsp3) is 0.0833. The molecule has 0 fully saturated rings. The number of rotatable bonds is 2. The van der Waals surface area contributed by atoms with E-state index in [0.717, 1.165) is 56.8 Å². The molecule has 4 nitrogen and oxygen atoms in total. The molecule has 5 rings (SSSR count). The van der Waals surface area contributed by atoms with Crippen LogP contribution in [-0.4, -0.2) is 19.9 Å². The van der Waals surface area contributed by atoms with Gasteiger partial charge in [0.1, 0.15) is 0 Å². The van der Waals surface area contributed by atoms with Gasteiger partial charge in [-0.2, -0.15) is 0 Å². The van der Waals surface area contributed by atoms with Crippen molar-refractivity contribution in [3.05, 3.63) is 76.9 Å². The van der Waals surface area contributed by atoms with Crippen LogP contribution in [0.2, 0.25) is 0 Å². The third kappa shape index (κ3) is 3.32. The van der Waals surface area contributed by atoms with Crippen LogP contribution in [0, 0.1) is 0 Å². The van der Waals surface area contributed by atoms with E-state index in [0.29, 0.717) is 6.04 Å². The predicted octanol–water partition coefficient (Wildman–Crippen LogP) is 6.08. The number of allylic oxidation sites excluding steroid dienone is 1. The normalized spacial score (nSPS) is 13.4. The summed E-state index contributed by atoms with van der Waals surface area (Å²) in [4.78, 5) is 16.1. The number of fused-ring (bicyclic) bond motifs is 8. The first kappa shape index (κ1) is 15.4. The average Bonchev–Trinajstić information content (AvgIpc) is 3.47. The second-order valence-electron chi connectivity index (χ2n) is 6.84.